The second-order valence-corrected chi connectivity index (χ2v) is 3.95. The van der Waals surface area contributed by atoms with E-state index in [2.05, 4.69) is 35.6 Å². The molecule has 0 atom stereocenters. The van der Waals surface area contributed by atoms with Gasteiger partial charge in [-0.2, -0.15) is 0 Å². The maximum absolute atomic E-state index is 5.73. The van der Waals surface area contributed by atoms with Crippen molar-refractivity contribution in [1.29, 1.82) is 0 Å². The Balaban J connectivity index is 2.78. The van der Waals surface area contributed by atoms with Crippen molar-refractivity contribution in [3.8, 4) is 0 Å². The molecule has 78 valence electrons. The Labute approximate surface area is 90.1 Å². The van der Waals surface area contributed by atoms with Gasteiger partial charge in [-0.1, -0.05) is 13.8 Å². The van der Waals surface area contributed by atoms with Gasteiger partial charge >= 0.3 is 0 Å². The summed E-state index contributed by atoms with van der Waals surface area (Å²) in [6.45, 7) is 8.41. The zero-order valence-electron chi connectivity index (χ0n) is 8.87. The van der Waals surface area contributed by atoms with Crippen LogP contribution in [0.15, 0.2) is 12.3 Å². The van der Waals surface area contributed by atoms with Crippen molar-refractivity contribution in [2.75, 3.05) is 18.0 Å². The lowest BCUT2D eigenvalue weighted by Gasteiger charge is -2.23. The Morgan fingerprint density at radius 3 is 2.71 bits per heavy atom. The fraction of sp³-hybridized carbons (Fsp3) is 0.600. The summed E-state index contributed by atoms with van der Waals surface area (Å²) in [5.41, 5.74) is 0. The van der Waals surface area contributed by atoms with E-state index in [4.69, 9.17) is 11.6 Å². The van der Waals surface area contributed by atoms with Crippen LogP contribution in [0.2, 0.25) is 5.28 Å². The fourth-order valence-corrected chi connectivity index (χ4v) is 1.47. The molecule has 1 heterocycles. The van der Waals surface area contributed by atoms with E-state index in [1.807, 2.05) is 6.07 Å². The molecule has 0 aliphatic carbocycles. The topological polar surface area (TPSA) is 29.0 Å². The molecule has 1 aromatic rings. The zero-order chi connectivity index (χ0) is 10.6. The lowest BCUT2D eigenvalue weighted by atomic mass is 10.2. The van der Waals surface area contributed by atoms with Gasteiger partial charge in [0.2, 0.25) is 5.28 Å². The lowest BCUT2D eigenvalue weighted by Crippen LogP contribution is -2.28. The summed E-state index contributed by atoms with van der Waals surface area (Å²) in [5.74, 6) is 1.52. The van der Waals surface area contributed by atoms with Crippen LogP contribution in [0.25, 0.3) is 0 Å². The number of nitrogens with zero attached hydrogens (tertiary/aromatic N) is 3. The largest absolute Gasteiger partial charge is 0.356 e. The van der Waals surface area contributed by atoms with E-state index in [0.29, 0.717) is 11.2 Å². The van der Waals surface area contributed by atoms with E-state index in [9.17, 15) is 0 Å². The first-order valence-corrected chi connectivity index (χ1v) is 5.24. The molecular weight excluding hydrogens is 198 g/mol. The fourth-order valence-electron chi connectivity index (χ4n) is 1.33. The molecule has 3 nitrogen and oxygen atoms in total. The Hall–Kier alpha value is -0.830. The summed E-state index contributed by atoms with van der Waals surface area (Å²) in [5, 5.41) is 0.310. The Morgan fingerprint density at radius 1 is 1.50 bits per heavy atom. The summed E-state index contributed by atoms with van der Waals surface area (Å²) in [6, 6.07) is 1.89. The average Bonchev–Trinajstić information content (AvgIpc) is 2.14. The second-order valence-electron chi connectivity index (χ2n) is 3.62. The van der Waals surface area contributed by atoms with Crippen LogP contribution in [0.1, 0.15) is 20.8 Å². The molecule has 0 bridgehead atoms. The summed E-state index contributed by atoms with van der Waals surface area (Å²) in [4.78, 5) is 10.2. The summed E-state index contributed by atoms with van der Waals surface area (Å²) < 4.78 is 0. The maximum atomic E-state index is 5.73. The Bertz CT molecular complexity index is 288. The zero-order valence-corrected chi connectivity index (χ0v) is 9.62. The van der Waals surface area contributed by atoms with Crippen LogP contribution in [-0.2, 0) is 0 Å². The smallest absolute Gasteiger partial charge is 0.224 e. The van der Waals surface area contributed by atoms with Crippen LogP contribution in [-0.4, -0.2) is 23.1 Å². The Kier molecular flexibility index (Phi) is 4.14. The second kappa shape index (κ2) is 5.15. The molecule has 14 heavy (non-hydrogen) atoms. The number of aromatic nitrogens is 2. The van der Waals surface area contributed by atoms with Crippen molar-refractivity contribution in [3.05, 3.63) is 17.5 Å². The maximum Gasteiger partial charge on any atom is 0.224 e. The number of anilines is 1. The molecule has 0 aromatic carbocycles. The molecule has 0 unspecified atom stereocenters. The minimum absolute atomic E-state index is 0.310. The monoisotopic (exact) mass is 213 g/mol. The van der Waals surface area contributed by atoms with Crippen molar-refractivity contribution >= 4 is 17.4 Å². The van der Waals surface area contributed by atoms with Gasteiger partial charge in [-0.25, -0.2) is 9.97 Å². The van der Waals surface area contributed by atoms with Crippen molar-refractivity contribution < 1.29 is 0 Å². The number of rotatable bonds is 4. The number of hydrogen-bond acceptors (Lipinski definition) is 3. The van der Waals surface area contributed by atoms with Crippen molar-refractivity contribution in [1.82, 2.24) is 9.97 Å². The standard InChI is InChI=1S/C10H16ClN3/c1-4-14(7-8(2)3)9-5-6-12-10(11)13-9/h5-6,8H,4,7H2,1-3H3. The summed E-state index contributed by atoms with van der Waals surface area (Å²) in [7, 11) is 0. The van der Waals surface area contributed by atoms with Gasteiger partial charge < -0.3 is 4.90 Å². The predicted molar refractivity (Wildman–Crippen MR) is 59.8 cm³/mol. The van der Waals surface area contributed by atoms with E-state index < -0.39 is 0 Å². The molecule has 0 fully saturated rings. The van der Waals surface area contributed by atoms with Crippen molar-refractivity contribution in [2.24, 2.45) is 5.92 Å². The highest BCUT2D eigenvalue weighted by Gasteiger charge is 2.07. The molecule has 0 N–H and O–H groups in total. The minimum Gasteiger partial charge on any atom is -0.356 e. The molecule has 1 rings (SSSR count). The van der Waals surface area contributed by atoms with E-state index in [1.54, 1.807) is 6.20 Å². The van der Waals surface area contributed by atoms with Gasteiger partial charge in [-0.05, 0) is 30.5 Å². The van der Waals surface area contributed by atoms with Gasteiger partial charge in [0, 0.05) is 19.3 Å². The molecule has 0 saturated heterocycles. The summed E-state index contributed by atoms with van der Waals surface area (Å²) >= 11 is 5.73. The van der Waals surface area contributed by atoms with Gasteiger partial charge in [0.1, 0.15) is 5.82 Å². The number of halogens is 1. The molecule has 0 amide bonds. The summed E-state index contributed by atoms with van der Waals surface area (Å²) in [6.07, 6.45) is 1.69. The van der Waals surface area contributed by atoms with Crippen LogP contribution < -0.4 is 4.90 Å². The van der Waals surface area contributed by atoms with E-state index in [0.717, 1.165) is 18.9 Å². The van der Waals surface area contributed by atoms with Gasteiger partial charge in [-0.15, -0.1) is 0 Å². The minimum atomic E-state index is 0.310. The molecular formula is C10H16ClN3. The lowest BCUT2D eigenvalue weighted by molar-refractivity contribution is 0.614. The number of hydrogen-bond donors (Lipinski definition) is 0. The van der Waals surface area contributed by atoms with Crippen LogP contribution in [0.4, 0.5) is 5.82 Å². The third kappa shape index (κ3) is 3.14. The van der Waals surface area contributed by atoms with Gasteiger partial charge in [-0.3, -0.25) is 0 Å². The van der Waals surface area contributed by atoms with E-state index in [1.165, 1.54) is 0 Å². The van der Waals surface area contributed by atoms with Crippen LogP contribution in [0, 0.1) is 5.92 Å². The average molecular weight is 214 g/mol. The quantitative estimate of drug-likeness (QED) is 0.720. The third-order valence-electron chi connectivity index (χ3n) is 1.90. The normalized spacial score (nSPS) is 10.6. The highest BCUT2D eigenvalue weighted by Crippen LogP contribution is 2.13. The van der Waals surface area contributed by atoms with Crippen molar-refractivity contribution in [2.45, 2.75) is 20.8 Å². The highest BCUT2D eigenvalue weighted by atomic mass is 35.5. The molecule has 0 spiro atoms. The van der Waals surface area contributed by atoms with Gasteiger partial charge in [0.05, 0.1) is 0 Å². The molecule has 0 aliphatic rings. The van der Waals surface area contributed by atoms with E-state index >= 15 is 0 Å². The van der Waals surface area contributed by atoms with Crippen LogP contribution in [0.3, 0.4) is 0 Å². The van der Waals surface area contributed by atoms with Crippen molar-refractivity contribution in [3.63, 3.8) is 0 Å². The Morgan fingerprint density at radius 2 is 2.21 bits per heavy atom. The van der Waals surface area contributed by atoms with E-state index in [-0.39, 0.29) is 0 Å². The molecule has 0 saturated carbocycles. The molecule has 0 radical (unpaired) electrons. The first-order chi connectivity index (χ1) is 6.63. The first kappa shape index (κ1) is 11.2. The molecule has 0 aliphatic heterocycles. The predicted octanol–water partition coefficient (Wildman–Crippen LogP) is 2.61. The van der Waals surface area contributed by atoms with Crippen LogP contribution >= 0.6 is 11.6 Å². The molecule has 4 heteroatoms. The highest BCUT2D eigenvalue weighted by molar-refractivity contribution is 6.28. The van der Waals surface area contributed by atoms with Gasteiger partial charge in [0.25, 0.3) is 0 Å². The SMILES string of the molecule is CCN(CC(C)C)c1ccnc(Cl)n1. The first-order valence-electron chi connectivity index (χ1n) is 4.87. The molecule has 1 aromatic heterocycles. The van der Waals surface area contributed by atoms with Crippen LogP contribution in [0.5, 0.6) is 0 Å². The third-order valence-corrected chi connectivity index (χ3v) is 2.08. The van der Waals surface area contributed by atoms with Gasteiger partial charge in [0.15, 0.2) is 0 Å².